The van der Waals surface area contributed by atoms with Gasteiger partial charge < -0.3 is 10.1 Å². The first-order chi connectivity index (χ1) is 11.9. The number of esters is 1. The number of benzene rings is 2. The normalized spacial score (nSPS) is 10.2. The molecule has 0 unspecified atom stereocenters. The van der Waals surface area contributed by atoms with Crippen molar-refractivity contribution in [2.75, 3.05) is 6.61 Å². The van der Waals surface area contributed by atoms with E-state index in [1.54, 1.807) is 24.3 Å². The van der Waals surface area contributed by atoms with Crippen molar-refractivity contribution < 1.29 is 19.2 Å². The van der Waals surface area contributed by atoms with E-state index in [0.29, 0.717) is 10.6 Å². The molecule has 0 aliphatic rings. The van der Waals surface area contributed by atoms with Gasteiger partial charge in [0, 0.05) is 22.7 Å². The third kappa shape index (κ3) is 5.17. The lowest BCUT2D eigenvalue weighted by molar-refractivity contribution is -0.385. The summed E-state index contributed by atoms with van der Waals surface area (Å²) in [7, 11) is 0. The van der Waals surface area contributed by atoms with Crippen LogP contribution in [0.4, 0.5) is 5.69 Å². The number of nitro benzene ring substituents is 1. The highest BCUT2D eigenvalue weighted by atomic mass is 35.5. The highest BCUT2D eigenvalue weighted by Crippen LogP contribution is 2.23. The Morgan fingerprint density at radius 2 is 1.88 bits per heavy atom. The van der Waals surface area contributed by atoms with Crippen LogP contribution in [0.1, 0.15) is 15.9 Å². The molecule has 7 nitrogen and oxygen atoms in total. The molecule has 130 valence electrons. The second-order valence-corrected chi connectivity index (χ2v) is 5.71. The number of rotatable bonds is 6. The lowest BCUT2D eigenvalue weighted by Crippen LogP contribution is -2.28. The number of hydrogen-bond donors (Lipinski definition) is 1. The monoisotopic (exact) mass is 382 g/mol. The highest BCUT2D eigenvalue weighted by Gasteiger charge is 2.22. The molecule has 0 radical (unpaired) electrons. The molecule has 0 aliphatic carbocycles. The molecule has 2 rings (SSSR count). The summed E-state index contributed by atoms with van der Waals surface area (Å²) in [5, 5.41) is 14.1. The van der Waals surface area contributed by atoms with Crippen molar-refractivity contribution in [3.63, 3.8) is 0 Å². The van der Waals surface area contributed by atoms with Gasteiger partial charge in [0.05, 0.1) is 4.92 Å². The van der Waals surface area contributed by atoms with Gasteiger partial charge in [-0.1, -0.05) is 41.4 Å². The molecule has 0 saturated heterocycles. The SMILES string of the molecule is O=C(COC(=O)c1cc(Cl)ccc1[N+](=O)[O-])NCc1ccccc1Cl. The minimum absolute atomic E-state index is 0.140. The summed E-state index contributed by atoms with van der Waals surface area (Å²) in [4.78, 5) is 33.9. The van der Waals surface area contributed by atoms with E-state index < -0.39 is 29.1 Å². The average Bonchev–Trinajstić information content (AvgIpc) is 2.58. The minimum Gasteiger partial charge on any atom is -0.452 e. The van der Waals surface area contributed by atoms with E-state index in [2.05, 4.69) is 5.32 Å². The van der Waals surface area contributed by atoms with Gasteiger partial charge in [-0.2, -0.15) is 0 Å². The maximum atomic E-state index is 12.0. The van der Waals surface area contributed by atoms with Crippen LogP contribution in [0, 0.1) is 10.1 Å². The number of nitrogens with zero attached hydrogens (tertiary/aromatic N) is 1. The van der Waals surface area contributed by atoms with Crippen molar-refractivity contribution in [1.82, 2.24) is 5.32 Å². The molecule has 0 fully saturated rings. The molecule has 0 aliphatic heterocycles. The third-order valence-corrected chi connectivity index (χ3v) is 3.75. The average molecular weight is 383 g/mol. The van der Waals surface area contributed by atoms with Crippen molar-refractivity contribution in [1.29, 1.82) is 0 Å². The molecule has 9 heteroatoms. The Kier molecular flexibility index (Phi) is 6.32. The van der Waals surface area contributed by atoms with Gasteiger partial charge in [0.2, 0.25) is 0 Å². The molecule has 1 N–H and O–H groups in total. The van der Waals surface area contributed by atoms with Gasteiger partial charge in [-0.25, -0.2) is 4.79 Å². The van der Waals surface area contributed by atoms with E-state index in [9.17, 15) is 19.7 Å². The fourth-order valence-corrected chi connectivity index (χ4v) is 2.30. The van der Waals surface area contributed by atoms with E-state index in [0.717, 1.165) is 12.1 Å². The predicted molar refractivity (Wildman–Crippen MR) is 91.7 cm³/mol. The quantitative estimate of drug-likeness (QED) is 0.469. The number of carbonyl (C=O) groups excluding carboxylic acids is 2. The highest BCUT2D eigenvalue weighted by molar-refractivity contribution is 6.31. The van der Waals surface area contributed by atoms with Gasteiger partial charge in [-0.15, -0.1) is 0 Å². The molecule has 0 heterocycles. The summed E-state index contributed by atoms with van der Waals surface area (Å²) in [6, 6.07) is 10.4. The molecule has 2 aromatic carbocycles. The van der Waals surface area contributed by atoms with Gasteiger partial charge in [-0.3, -0.25) is 14.9 Å². The maximum absolute atomic E-state index is 12.0. The fraction of sp³-hybridized carbons (Fsp3) is 0.125. The van der Waals surface area contributed by atoms with Crippen LogP contribution < -0.4 is 5.32 Å². The predicted octanol–water partition coefficient (Wildman–Crippen LogP) is 3.37. The van der Waals surface area contributed by atoms with Crippen molar-refractivity contribution in [2.45, 2.75) is 6.54 Å². The zero-order valence-corrected chi connectivity index (χ0v) is 14.2. The first kappa shape index (κ1) is 18.7. The largest absolute Gasteiger partial charge is 0.452 e. The van der Waals surface area contributed by atoms with Crippen molar-refractivity contribution in [2.24, 2.45) is 0 Å². The Balaban J connectivity index is 1.94. The molecule has 0 saturated carbocycles. The van der Waals surface area contributed by atoms with Gasteiger partial charge in [0.15, 0.2) is 6.61 Å². The molecule has 25 heavy (non-hydrogen) atoms. The van der Waals surface area contributed by atoms with Crippen LogP contribution in [0.15, 0.2) is 42.5 Å². The van der Waals surface area contributed by atoms with Crippen molar-refractivity contribution in [3.05, 3.63) is 73.8 Å². The van der Waals surface area contributed by atoms with Crippen LogP contribution in [0.25, 0.3) is 0 Å². The van der Waals surface area contributed by atoms with Crippen molar-refractivity contribution >= 4 is 40.8 Å². The molecule has 0 spiro atoms. The Bertz CT molecular complexity index is 826. The number of nitro groups is 1. The summed E-state index contributed by atoms with van der Waals surface area (Å²) < 4.78 is 4.81. The summed E-state index contributed by atoms with van der Waals surface area (Å²) >= 11 is 11.7. The van der Waals surface area contributed by atoms with E-state index in [1.807, 2.05) is 0 Å². The van der Waals surface area contributed by atoms with Gasteiger partial charge in [0.1, 0.15) is 5.56 Å². The second-order valence-electron chi connectivity index (χ2n) is 4.86. The fourth-order valence-electron chi connectivity index (χ4n) is 1.93. The molecule has 0 atom stereocenters. The molecular formula is C16H12Cl2N2O5. The topological polar surface area (TPSA) is 98.5 Å². The summed E-state index contributed by atoms with van der Waals surface area (Å²) in [6.07, 6.45) is 0. The third-order valence-electron chi connectivity index (χ3n) is 3.14. The first-order valence-electron chi connectivity index (χ1n) is 6.99. The number of hydrogen-bond acceptors (Lipinski definition) is 5. The molecule has 1 amide bonds. The lowest BCUT2D eigenvalue weighted by atomic mass is 10.2. The number of carbonyl (C=O) groups is 2. The summed E-state index contributed by atoms with van der Waals surface area (Å²) in [5.41, 5.74) is -0.0726. The Labute approximate surface area is 152 Å². The molecule has 0 aromatic heterocycles. The zero-order chi connectivity index (χ0) is 18.4. The van der Waals surface area contributed by atoms with Crippen LogP contribution in [-0.2, 0) is 16.1 Å². The molecule has 0 bridgehead atoms. The van der Waals surface area contributed by atoms with E-state index in [1.165, 1.54) is 6.07 Å². The van der Waals surface area contributed by atoms with Gasteiger partial charge in [-0.05, 0) is 23.8 Å². The minimum atomic E-state index is -1.01. The second kappa shape index (κ2) is 8.46. The van der Waals surface area contributed by atoms with Crippen LogP contribution in [0.3, 0.4) is 0 Å². The Morgan fingerprint density at radius 3 is 2.56 bits per heavy atom. The van der Waals surface area contributed by atoms with E-state index in [-0.39, 0.29) is 17.1 Å². The van der Waals surface area contributed by atoms with Gasteiger partial charge in [0.25, 0.3) is 11.6 Å². The Hall–Kier alpha value is -2.64. The van der Waals surface area contributed by atoms with Crippen LogP contribution >= 0.6 is 23.2 Å². The molecular weight excluding hydrogens is 371 g/mol. The lowest BCUT2D eigenvalue weighted by Gasteiger charge is -2.08. The first-order valence-corrected chi connectivity index (χ1v) is 7.75. The van der Waals surface area contributed by atoms with Crippen LogP contribution in [0.5, 0.6) is 0 Å². The number of amides is 1. The zero-order valence-electron chi connectivity index (χ0n) is 12.7. The van der Waals surface area contributed by atoms with Crippen molar-refractivity contribution in [3.8, 4) is 0 Å². The Morgan fingerprint density at radius 1 is 1.16 bits per heavy atom. The maximum Gasteiger partial charge on any atom is 0.345 e. The number of ether oxygens (including phenoxy) is 1. The van der Waals surface area contributed by atoms with E-state index >= 15 is 0 Å². The van der Waals surface area contributed by atoms with Crippen LogP contribution in [0.2, 0.25) is 10.0 Å². The van der Waals surface area contributed by atoms with Gasteiger partial charge >= 0.3 is 5.97 Å². The number of nitrogens with one attached hydrogen (secondary N) is 1. The number of halogens is 2. The van der Waals surface area contributed by atoms with Crippen LogP contribution in [-0.4, -0.2) is 23.4 Å². The van der Waals surface area contributed by atoms with E-state index in [4.69, 9.17) is 27.9 Å². The molecule has 2 aromatic rings. The smallest absolute Gasteiger partial charge is 0.345 e. The summed E-state index contributed by atoms with van der Waals surface area (Å²) in [5.74, 6) is -1.58. The standard InChI is InChI=1S/C16H12Cl2N2O5/c17-11-5-6-14(20(23)24)12(7-11)16(22)25-9-15(21)19-8-10-3-1-2-4-13(10)18/h1-7H,8-9H2,(H,19,21). The summed E-state index contributed by atoms with van der Waals surface area (Å²) in [6.45, 7) is -0.430.